The van der Waals surface area contributed by atoms with Crippen molar-refractivity contribution in [3.8, 4) is 5.82 Å². The van der Waals surface area contributed by atoms with Crippen molar-refractivity contribution in [2.24, 2.45) is 0 Å². The molecule has 0 saturated carbocycles. The fourth-order valence-electron chi connectivity index (χ4n) is 4.82. The summed E-state index contributed by atoms with van der Waals surface area (Å²) in [6.45, 7) is 11.8. The molecule has 228 valence electrons. The molecule has 0 spiro atoms. The van der Waals surface area contributed by atoms with E-state index in [1.807, 2.05) is 52.8 Å². The van der Waals surface area contributed by atoms with Crippen LogP contribution >= 0.6 is 0 Å². The Kier molecular flexibility index (Phi) is 7.90. The maximum absolute atomic E-state index is 13.4. The predicted octanol–water partition coefficient (Wildman–Crippen LogP) is 4.36. The van der Waals surface area contributed by atoms with E-state index in [2.05, 4.69) is 25.0 Å². The molecule has 14 heteroatoms. The van der Waals surface area contributed by atoms with Gasteiger partial charge in [-0.15, -0.1) is 0 Å². The van der Waals surface area contributed by atoms with Crippen LogP contribution in [-0.4, -0.2) is 61.6 Å². The smallest absolute Gasteiger partial charge is 0.410 e. The average Bonchev–Trinajstić information content (AvgIpc) is 3.23. The van der Waals surface area contributed by atoms with Gasteiger partial charge < -0.3 is 15.0 Å². The number of benzene rings is 1. The number of anilines is 3. The van der Waals surface area contributed by atoms with Crippen molar-refractivity contribution in [2.45, 2.75) is 66.2 Å². The number of fused-ring (bicyclic) bond motifs is 2. The normalized spacial score (nSPS) is 13.7. The summed E-state index contributed by atoms with van der Waals surface area (Å²) in [5.41, 5.74) is 2.37. The van der Waals surface area contributed by atoms with E-state index < -0.39 is 15.6 Å². The number of carbonyl (C=O) groups excluding carboxylic acids is 1. The lowest BCUT2D eigenvalue weighted by Crippen LogP contribution is -2.39. The van der Waals surface area contributed by atoms with Gasteiger partial charge in [0.25, 0.3) is 5.56 Å². The number of ether oxygens (including phenoxy) is 1. The van der Waals surface area contributed by atoms with Gasteiger partial charge in [0.15, 0.2) is 11.5 Å². The van der Waals surface area contributed by atoms with Crippen LogP contribution in [-0.2, 0) is 27.7 Å². The summed E-state index contributed by atoms with van der Waals surface area (Å²) in [6.07, 6.45) is 1.82. The number of hydrogen-bond donors (Lipinski definition) is 2. The van der Waals surface area contributed by atoms with Crippen molar-refractivity contribution >= 4 is 44.6 Å². The molecule has 5 rings (SSSR count). The highest BCUT2D eigenvalue weighted by atomic mass is 32.2. The third-order valence-corrected chi connectivity index (χ3v) is 8.11. The number of pyridine rings is 1. The minimum Gasteiger partial charge on any atom is -0.444 e. The van der Waals surface area contributed by atoms with Crippen LogP contribution in [0.25, 0.3) is 16.9 Å². The molecule has 1 aliphatic heterocycles. The molecule has 1 aromatic carbocycles. The van der Waals surface area contributed by atoms with E-state index in [4.69, 9.17) is 4.74 Å². The molecule has 13 nitrogen and oxygen atoms in total. The van der Waals surface area contributed by atoms with Crippen LogP contribution in [0.4, 0.5) is 22.2 Å². The zero-order chi connectivity index (χ0) is 31.1. The van der Waals surface area contributed by atoms with Crippen molar-refractivity contribution in [2.75, 3.05) is 22.3 Å². The van der Waals surface area contributed by atoms with Crippen molar-refractivity contribution in [1.29, 1.82) is 0 Å². The Labute approximate surface area is 249 Å². The number of amides is 1. The Bertz CT molecular complexity index is 1860. The number of hydrogen-bond acceptors (Lipinski definition) is 9. The monoisotopic (exact) mass is 608 g/mol. The minimum absolute atomic E-state index is 0.102. The number of carbonyl (C=O) groups is 1. The standard InChI is InChI=1S/C29H36N8O5S/c1-7-43(40,41)34-23-9-8-10-24(32-23)37-25-22(26(38)36(37)18(2)3)16-30-27(33-25)31-21-12-11-20-17-35(14-13-19(20)15-21)28(39)42-29(4,5)6/h8-12,15-16,18H,7,13-14,17H2,1-6H3,(H,32,34)(H,30,31,33). The van der Waals surface area contributed by atoms with Gasteiger partial charge in [-0.3, -0.25) is 9.52 Å². The molecule has 0 unspecified atom stereocenters. The molecule has 0 fully saturated rings. The summed E-state index contributed by atoms with van der Waals surface area (Å²) >= 11 is 0. The predicted molar refractivity (Wildman–Crippen MR) is 164 cm³/mol. The van der Waals surface area contributed by atoms with Gasteiger partial charge in [0.05, 0.1) is 5.75 Å². The van der Waals surface area contributed by atoms with Gasteiger partial charge in [0.1, 0.15) is 16.8 Å². The molecule has 3 aromatic heterocycles. The molecule has 43 heavy (non-hydrogen) atoms. The first-order chi connectivity index (χ1) is 20.2. The highest BCUT2D eigenvalue weighted by Crippen LogP contribution is 2.26. The van der Waals surface area contributed by atoms with Gasteiger partial charge in [-0.25, -0.2) is 32.5 Å². The van der Waals surface area contributed by atoms with Crippen molar-refractivity contribution in [3.05, 3.63) is 64.1 Å². The first kappa shape index (κ1) is 30.0. The summed E-state index contributed by atoms with van der Waals surface area (Å²) in [6, 6.07) is 10.5. The van der Waals surface area contributed by atoms with Crippen molar-refractivity contribution in [3.63, 3.8) is 0 Å². The molecule has 4 aromatic rings. The highest BCUT2D eigenvalue weighted by Gasteiger charge is 2.26. The van der Waals surface area contributed by atoms with Gasteiger partial charge in [-0.2, -0.15) is 4.98 Å². The summed E-state index contributed by atoms with van der Waals surface area (Å²) in [4.78, 5) is 41.2. The maximum Gasteiger partial charge on any atom is 0.410 e. The topological polar surface area (TPSA) is 153 Å². The van der Waals surface area contributed by atoms with E-state index in [1.165, 1.54) is 17.8 Å². The van der Waals surface area contributed by atoms with E-state index in [1.54, 1.807) is 27.8 Å². The number of aromatic nitrogens is 5. The van der Waals surface area contributed by atoms with Crippen LogP contribution in [0, 0.1) is 0 Å². The number of rotatable bonds is 7. The Morgan fingerprint density at radius 2 is 1.88 bits per heavy atom. The average molecular weight is 609 g/mol. The molecule has 4 heterocycles. The van der Waals surface area contributed by atoms with Gasteiger partial charge in [-0.1, -0.05) is 12.1 Å². The lowest BCUT2D eigenvalue weighted by Gasteiger charge is -2.31. The summed E-state index contributed by atoms with van der Waals surface area (Å²) in [7, 11) is -3.55. The largest absolute Gasteiger partial charge is 0.444 e. The second-order valence-corrected chi connectivity index (χ2v) is 13.6. The van der Waals surface area contributed by atoms with E-state index in [-0.39, 0.29) is 35.2 Å². The zero-order valence-electron chi connectivity index (χ0n) is 25.1. The third-order valence-electron chi connectivity index (χ3n) is 6.83. The van der Waals surface area contributed by atoms with Crippen LogP contribution in [0.5, 0.6) is 0 Å². The fraction of sp³-hybridized carbons (Fsp3) is 0.414. The molecule has 0 atom stereocenters. The zero-order valence-corrected chi connectivity index (χ0v) is 25.9. The first-order valence-corrected chi connectivity index (χ1v) is 15.7. The van der Waals surface area contributed by atoms with Crippen LogP contribution < -0.4 is 15.6 Å². The molecular weight excluding hydrogens is 572 g/mol. The first-order valence-electron chi connectivity index (χ1n) is 14.1. The van der Waals surface area contributed by atoms with E-state index in [0.29, 0.717) is 36.4 Å². The van der Waals surface area contributed by atoms with Crippen LogP contribution in [0.3, 0.4) is 0 Å². The van der Waals surface area contributed by atoms with Crippen LogP contribution in [0.15, 0.2) is 47.4 Å². The van der Waals surface area contributed by atoms with E-state index in [9.17, 15) is 18.0 Å². The fourth-order valence-corrected chi connectivity index (χ4v) is 5.39. The van der Waals surface area contributed by atoms with Crippen LogP contribution in [0.2, 0.25) is 0 Å². The van der Waals surface area contributed by atoms with Gasteiger partial charge in [0.2, 0.25) is 16.0 Å². The molecule has 0 aliphatic carbocycles. The molecule has 2 N–H and O–H groups in total. The van der Waals surface area contributed by atoms with E-state index >= 15 is 0 Å². The van der Waals surface area contributed by atoms with Gasteiger partial charge >= 0.3 is 6.09 Å². The number of sulfonamides is 1. The second-order valence-electron chi connectivity index (χ2n) is 11.6. The highest BCUT2D eigenvalue weighted by molar-refractivity contribution is 7.92. The molecule has 0 saturated heterocycles. The minimum atomic E-state index is -3.55. The summed E-state index contributed by atoms with van der Waals surface area (Å²) in [5.74, 6) is 0.631. The van der Waals surface area contributed by atoms with Gasteiger partial charge in [-0.05, 0) is 83.4 Å². The van der Waals surface area contributed by atoms with Crippen molar-refractivity contribution in [1.82, 2.24) is 29.2 Å². The molecule has 0 bridgehead atoms. The number of nitrogens with one attached hydrogen (secondary N) is 2. The Morgan fingerprint density at radius 1 is 1.12 bits per heavy atom. The van der Waals surface area contributed by atoms with Crippen LogP contribution in [0.1, 0.15) is 58.7 Å². The quantitative estimate of drug-likeness (QED) is 0.312. The Balaban J connectivity index is 1.46. The SMILES string of the molecule is CCS(=O)(=O)Nc1cccc(-n2c3nc(Nc4ccc5c(c4)CCN(C(=O)OC(C)(C)C)C5)ncc3c(=O)n2C(C)C)n1. The molecule has 1 amide bonds. The number of nitrogens with zero attached hydrogens (tertiary/aromatic N) is 6. The molecular formula is C29H36N8O5S. The van der Waals surface area contributed by atoms with E-state index in [0.717, 1.165) is 16.8 Å². The second kappa shape index (κ2) is 11.3. The summed E-state index contributed by atoms with van der Waals surface area (Å²) < 4.78 is 35.4. The lowest BCUT2D eigenvalue weighted by molar-refractivity contribution is 0.0224. The van der Waals surface area contributed by atoms with Crippen molar-refractivity contribution < 1.29 is 17.9 Å². The Morgan fingerprint density at radius 3 is 2.58 bits per heavy atom. The molecule has 1 aliphatic rings. The maximum atomic E-state index is 13.4. The third kappa shape index (κ3) is 6.48. The summed E-state index contributed by atoms with van der Waals surface area (Å²) in [5, 5.41) is 3.53. The molecule has 0 radical (unpaired) electrons. The Hall–Kier alpha value is -4.46. The lowest BCUT2D eigenvalue weighted by atomic mass is 9.99. The van der Waals surface area contributed by atoms with Gasteiger partial charge in [0, 0.05) is 31.0 Å².